The van der Waals surface area contributed by atoms with Gasteiger partial charge in [-0.05, 0) is 74.2 Å². The van der Waals surface area contributed by atoms with E-state index in [1.54, 1.807) is 42.5 Å². The van der Waals surface area contributed by atoms with Crippen molar-refractivity contribution in [3.05, 3.63) is 64.2 Å². The van der Waals surface area contributed by atoms with Gasteiger partial charge in [0, 0.05) is 34.9 Å². The molecule has 0 radical (unpaired) electrons. The fraction of sp³-hybridized carbons (Fsp3) is 0.300. The summed E-state index contributed by atoms with van der Waals surface area (Å²) >= 11 is 5.93. The number of benzene rings is 2. The molecule has 0 atom stereocenters. The number of halogens is 1. The summed E-state index contributed by atoms with van der Waals surface area (Å²) in [6.07, 6.45) is 3.31. The van der Waals surface area contributed by atoms with Gasteiger partial charge in [-0.1, -0.05) is 11.6 Å². The lowest BCUT2D eigenvalue weighted by atomic mass is 10.1. The molecule has 0 aromatic heterocycles. The molecule has 0 bridgehead atoms. The summed E-state index contributed by atoms with van der Waals surface area (Å²) in [6.45, 7) is 3.52. The molecule has 0 aliphatic carbocycles. The van der Waals surface area contributed by atoms with Crippen LogP contribution in [0.4, 0.5) is 5.69 Å². The lowest BCUT2D eigenvalue weighted by molar-refractivity contribution is 0.0724. The second kappa shape index (κ2) is 7.70. The minimum absolute atomic E-state index is 0.0419. The zero-order valence-electron chi connectivity index (χ0n) is 14.2. The van der Waals surface area contributed by atoms with Gasteiger partial charge in [0.1, 0.15) is 0 Å². The fourth-order valence-electron chi connectivity index (χ4n) is 3.01. The highest BCUT2D eigenvalue weighted by atomic mass is 35.5. The van der Waals surface area contributed by atoms with Crippen LogP contribution < -0.4 is 5.32 Å². The van der Waals surface area contributed by atoms with Crippen molar-refractivity contribution in [3.8, 4) is 0 Å². The van der Waals surface area contributed by atoms with Gasteiger partial charge in [0.2, 0.25) is 0 Å². The lowest BCUT2D eigenvalue weighted by Gasteiger charge is -2.26. The Bertz CT molecular complexity index is 781. The average molecular weight is 357 g/mol. The van der Waals surface area contributed by atoms with Gasteiger partial charge >= 0.3 is 0 Å². The topological polar surface area (TPSA) is 49.4 Å². The maximum Gasteiger partial charge on any atom is 0.255 e. The lowest BCUT2D eigenvalue weighted by Crippen LogP contribution is -2.35. The van der Waals surface area contributed by atoms with Crippen molar-refractivity contribution in [1.82, 2.24) is 4.90 Å². The number of piperidine rings is 1. The second-order valence-electron chi connectivity index (χ2n) is 6.34. The summed E-state index contributed by atoms with van der Waals surface area (Å²) < 4.78 is 0. The first kappa shape index (κ1) is 17.5. The van der Waals surface area contributed by atoms with Crippen LogP contribution in [0.5, 0.6) is 0 Å². The Kier molecular flexibility index (Phi) is 5.39. The number of hydrogen-bond acceptors (Lipinski definition) is 2. The van der Waals surface area contributed by atoms with Crippen molar-refractivity contribution < 1.29 is 9.59 Å². The molecular weight excluding hydrogens is 336 g/mol. The van der Waals surface area contributed by atoms with Crippen molar-refractivity contribution in [2.75, 3.05) is 18.4 Å². The molecule has 1 saturated heterocycles. The van der Waals surface area contributed by atoms with Crippen LogP contribution in [0.2, 0.25) is 5.02 Å². The Balaban J connectivity index is 1.68. The molecule has 1 fully saturated rings. The summed E-state index contributed by atoms with van der Waals surface area (Å²) in [5, 5.41) is 3.51. The average Bonchev–Trinajstić information content (AvgIpc) is 2.64. The molecule has 2 aromatic rings. The van der Waals surface area contributed by atoms with Gasteiger partial charge in [-0.2, -0.15) is 0 Å². The maximum atomic E-state index is 12.5. The molecule has 25 heavy (non-hydrogen) atoms. The van der Waals surface area contributed by atoms with Crippen LogP contribution in [-0.4, -0.2) is 29.8 Å². The van der Waals surface area contributed by atoms with Crippen molar-refractivity contribution in [2.45, 2.75) is 26.2 Å². The number of aryl methyl sites for hydroxylation is 1. The van der Waals surface area contributed by atoms with E-state index in [4.69, 9.17) is 11.6 Å². The molecule has 5 heteroatoms. The molecule has 1 aliphatic heterocycles. The summed E-state index contributed by atoms with van der Waals surface area (Å²) in [5.74, 6) is -0.164. The molecule has 0 unspecified atom stereocenters. The summed E-state index contributed by atoms with van der Waals surface area (Å²) in [6, 6.07) is 12.2. The Morgan fingerprint density at radius 2 is 1.60 bits per heavy atom. The molecule has 0 saturated carbocycles. The fourth-order valence-corrected chi connectivity index (χ4v) is 3.23. The van der Waals surface area contributed by atoms with Gasteiger partial charge in [-0.25, -0.2) is 0 Å². The summed E-state index contributed by atoms with van der Waals surface area (Å²) in [7, 11) is 0. The predicted octanol–water partition coefficient (Wildman–Crippen LogP) is 4.53. The first-order chi connectivity index (χ1) is 12.0. The van der Waals surface area contributed by atoms with E-state index >= 15 is 0 Å². The smallest absolute Gasteiger partial charge is 0.255 e. The zero-order chi connectivity index (χ0) is 17.8. The van der Waals surface area contributed by atoms with E-state index in [-0.39, 0.29) is 11.8 Å². The molecule has 1 aliphatic rings. The van der Waals surface area contributed by atoms with Crippen molar-refractivity contribution in [3.63, 3.8) is 0 Å². The van der Waals surface area contributed by atoms with E-state index in [9.17, 15) is 9.59 Å². The normalized spacial score (nSPS) is 14.2. The van der Waals surface area contributed by atoms with Crippen LogP contribution in [0.25, 0.3) is 0 Å². The van der Waals surface area contributed by atoms with E-state index in [0.717, 1.165) is 37.2 Å². The highest BCUT2D eigenvalue weighted by Crippen LogP contribution is 2.20. The van der Waals surface area contributed by atoms with E-state index in [0.29, 0.717) is 16.1 Å². The third-order valence-electron chi connectivity index (χ3n) is 4.47. The number of nitrogens with zero attached hydrogens (tertiary/aromatic N) is 1. The number of amides is 2. The number of carbonyl (C=O) groups excluding carboxylic acids is 2. The molecule has 2 aromatic carbocycles. The minimum Gasteiger partial charge on any atom is -0.339 e. The molecular formula is C20H21ClN2O2. The van der Waals surface area contributed by atoms with Gasteiger partial charge in [0.15, 0.2) is 0 Å². The van der Waals surface area contributed by atoms with Gasteiger partial charge in [-0.3, -0.25) is 9.59 Å². The molecule has 1 N–H and O–H groups in total. The highest BCUT2D eigenvalue weighted by molar-refractivity contribution is 6.30. The van der Waals surface area contributed by atoms with E-state index in [1.165, 1.54) is 6.42 Å². The van der Waals surface area contributed by atoms with Gasteiger partial charge in [-0.15, -0.1) is 0 Å². The summed E-state index contributed by atoms with van der Waals surface area (Å²) in [4.78, 5) is 26.7. The first-order valence-corrected chi connectivity index (χ1v) is 8.89. The second-order valence-corrected chi connectivity index (χ2v) is 6.78. The third-order valence-corrected chi connectivity index (χ3v) is 4.71. The summed E-state index contributed by atoms with van der Waals surface area (Å²) in [5.41, 5.74) is 2.77. The first-order valence-electron chi connectivity index (χ1n) is 8.51. The Hall–Kier alpha value is -2.33. The highest BCUT2D eigenvalue weighted by Gasteiger charge is 2.18. The number of anilines is 1. The van der Waals surface area contributed by atoms with Gasteiger partial charge in [0.25, 0.3) is 11.8 Å². The zero-order valence-corrected chi connectivity index (χ0v) is 15.0. The van der Waals surface area contributed by atoms with Crippen molar-refractivity contribution in [1.29, 1.82) is 0 Å². The predicted molar refractivity (Wildman–Crippen MR) is 100 cm³/mol. The van der Waals surface area contributed by atoms with Crippen LogP contribution in [0.3, 0.4) is 0 Å². The number of hydrogen-bond donors (Lipinski definition) is 1. The standard InChI is InChI=1S/C20H21ClN2O2/c1-14-13-17(21)9-10-18(14)22-19(24)15-5-7-16(8-6-15)20(25)23-11-3-2-4-12-23/h5-10,13H,2-4,11-12H2,1H3,(H,22,24). The Labute approximate surface area is 152 Å². The van der Waals surface area contributed by atoms with Gasteiger partial charge < -0.3 is 10.2 Å². The Morgan fingerprint density at radius 1 is 0.960 bits per heavy atom. The van der Waals surface area contributed by atoms with Crippen LogP contribution in [0.15, 0.2) is 42.5 Å². The number of rotatable bonds is 3. The van der Waals surface area contributed by atoms with Gasteiger partial charge in [0.05, 0.1) is 0 Å². The molecule has 3 rings (SSSR count). The van der Waals surface area contributed by atoms with Crippen molar-refractivity contribution in [2.24, 2.45) is 0 Å². The van der Waals surface area contributed by atoms with Crippen LogP contribution >= 0.6 is 11.6 Å². The Morgan fingerprint density at radius 3 is 2.24 bits per heavy atom. The molecule has 0 spiro atoms. The molecule has 130 valence electrons. The SMILES string of the molecule is Cc1cc(Cl)ccc1NC(=O)c1ccc(C(=O)N2CCCCC2)cc1. The number of carbonyl (C=O) groups is 2. The third kappa shape index (κ3) is 4.20. The molecule has 1 heterocycles. The molecule has 2 amide bonds. The monoisotopic (exact) mass is 356 g/mol. The number of nitrogens with one attached hydrogen (secondary N) is 1. The largest absolute Gasteiger partial charge is 0.339 e. The van der Waals surface area contributed by atoms with Crippen LogP contribution in [-0.2, 0) is 0 Å². The van der Waals surface area contributed by atoms with Crippen molar-refractivity contribution >= 4 is 29.1 Å². The van der Waals surface area contributed by atoms with Crippen LogP contribution in [0.1, 0.15) is 45.5 Å². The van der Waals surface area contributed by atoms with E-state index in [2.05, 4.69) is 5.32 Å². The quantitative estimate of drug-likeness (QED) is 0.878. The van der Waals surface area contributed by atoms with Crippen LogP contribution in [0, 0.1) is 6.92 Å². The number of likely N-dealkylation sites (tertiary alicyclic amines) is 1. The molecule has 4 nitrogen and oxygen atoms in total. The van der Waals surface area contributed by atoms with E-state index < -0.39 is 0 Å². The van der Waals surface area contributed by atoms with E-state index in [1.807, 2.05) is 11.8 Å². The maximum absolute atomic E-state index is 12.5. The minimum atomic E-state index is -0.206.